The molecule has 0 aromatic rings. The zero-order chi connectivity index (χ0) is 17.7. The van der Waals surface area contributed by atoms with Gasteiger partial charge in [-0.25, -0.2) is 0 Å². The van der Waals surface area contributed by atoms with Crippen molar-refractivity contribution in [2.24, 2.45) is 0 Å². The summed E-state index contributed by atoms with van der Waals surface area (Å²) in [6, 6.07) is 0. The van der Waals surface area contributed by atoms with Crippen LogP contribution in [0, 0.1) is 0 Å². The number of hydrogen-bond donors (Lipinski definition) is 8. The van der Waals surface area contributed by atoms with E-state index in [-0.39, 0.29) is 0 Å². The van der Waals surface area contributed by atoms with Gasteiger partial charge in [-0.3, -0.25) is 4.79 Å². The number of Topliss-reactive ketones (excluding diaryl/α,β-unsaturated/α-hetero) is 1. The van der Waals surface area contributed by atoms with Gasteiger partial charge in [-0.2, -0.15) is 0 Å². The van der Waals surface area contributed by atoms with Crippen molar-refractivity contribution in [1.82, 2.24) is 0 Å². The van der Waals surface area contributed by atoms with Gasteiger partial charge >= 0.3 is 0 Å². The second-order valence-corrected chi connectivity index (χ2v) is 5.12. The van der Waals surface area contributed by atoms with Gasteiger partial charge in [-0.1, -0.05) is 0 Å². The largest absolute Gasteiger partial charge is 0.394 e. The topological polar surface area (TPSA) is 197 Å². The van der Waals surface area contributed by atoms with Gasteiger partial charge in [0, 0.05) is 0 Å². The Balaban J connectivity index is 2.91. The van der Waals surface area contributed by atoms with Crippen LogP contribution in [-0.2, 0) is 14.3 Å². The number of carbonyl (C=O) groups is 1. The smallest absolute Gasteiger partial charge is 0.189 e. The fourth-order valence-corrected chi connectivity index (χ4v) is 2.07. The van der Waals surface area contributed by atoms with Gasteiger partial charge in [0.2, 0.25) is 0 Å². The average Bonchev–Trinajstić information content (AvgIpc) is 2.57. The third-order valence-corrected chi connectivity index (χ3v) is 3.49. The van der Waals surface area contributed by atoms with Crippen LogP contribution in [0.1, 0.15) is 0 Å². The summed E-state index contributed by atoms with van der Waals surface area (Å²) in [5.41, 5.74) is 0. The molecular formula is C12H22O11. The number of ether oxygens (including phenoxy) is 2. The highest BCUT2D eigenvalue weighted by molar-refractivity contribution is 5.84. The number of rotatable bonds is 8. The minimum absolute atomic E-state index is 0.731. The van der Waals surface area contributed by atoms with Crippen molar-refractivity contribution in [1.29, 1.82) is 0 Å². The Morgan fingerprint density at radius 1 is 1.04 bits per heavy atom. The van der Waals surface area contributed by atoms with Crippen molar-refractivity contribution >= 4 is 5.78 Å². The van der Waals surface area contributed by atoms with Crippen molar-refractivity contribution in [3.8, 4) is 0 Å². The third-order valence-electron chi connectivity index (χ3n) is 3.49. The molecule has 8 atom stereocenters. The lowest BCUT2D eigenvalue weighted by Gasteiger charge is -2.41. The molecule has 1 fully saturated rings. The molecule has 0 aliphatic carbocycles. The van der Waals surface area contributed by atoms with Gasteiger partial charge in [0.25, 0.3) is 0 Å². The fourth-order valence-electron chi connectivity index (χ4n) is 2.07. The highest BCUT2D eigenvalue weighted by Crippen LogP contribution is 2.24. The van der Waals surface area contributed by atoms with E-state index in [9.17, 15) is 30.3 Å². The molecule has 0 bridgehead atoms. The molecule has 8 N–H and O–H groups in total. The van der Waals surface area contributed by atoms with Crippen LogP contribution < -0.4 is 0 Å². The van der Waals surface area contributed by atoms with Gasteiger partial charge in [-0.15, -0.1) is 0 Å². The summed E-state index contributed by atoms with van der Waals surface area (Å²) in [7, 11) is 0. The van der Waals surface area contributed by atoms with E-state index in [2.05, 4.69) is 0 Å². The molecule has 0 aromatic carbocycles. The van der Waals surface area contributed by atoms with Crippen LogP contribution in [0.2, 0.25) is 0 Å². The molecule has 11 heteroatoms. The molecule has 0 aromatic heterocycles. The molecule has 1 aliphatic heterocycles. The highest BCUT2D eigenvalue weighted by Gasteiger charge is 2.46. The van der Waals surface area contributed by atoms with E-state index in [1.807, 2.05) is 0 Å². The van der Waals surface area contributed by atoms with E-state index in [0.29, 0.717) is 0 Å². The van der Waals surface area contributed by atoms with E-state index in [4.69, 9.17) is 24.8 Å². The lowest BCUT2D eigenvalue weighted by Crippen LogP contribution is -2.61. The predicted octanol–water partition coefficient (Wildman–Crippen LogP) is -5.55. The highest BCUT2D eigenvalue weighted by atomic mass is 16.7. The second kappa shape index (κ2) is 8.94. The van der Waals surface area contributed by atoms with E-state index >= 15 is 0 Å². The summed E-state index contributed by atoms with van der Waals surface area (Å²) in [5, 5.41) is 74.9. The molecular weight excluding hydrogens is 320 g/mol. The van der Waals surface area contributed by atoms with Gasteiger partial charge in [0.05, 0.1) is 13.2 Å². The van der Waals surface area contributed by atoms with Crippen LogP contribution in [0.3, 0.4) is 0 Å². The number of hydrogen-bond acceptors (Lipinski definition) is 11. The Kier molecular flexibility index (Phi) is 7.89. The van der Waals surface area contributed by atoms with Crippen LogP contribution in [0.4, 0.5) is 0 Å². The van der Waals surface area contributed by atoms with E-state index in [1.165, 1.54) is 0 Å². The summed E-state index contributed by atoms with van der Waals surface area (Å²) >= 11 is 0. The molecule has 1 rings (SSSR count). The molecule has 1 aliphatic rings. The Morgan fingerprint density at radius 2 is 1.65 bits per heavy atom. The molecule has 23 heavy (non-hydrogen) atoms. The van der Waals surface area contributed by atoms with Crippen molar-refractivity contribution < 1.29 is 55.1 Å². The minimum atomic E-state index is -1.95. The Hall–Kier alpha value is -0.730. The van der Waals surface area contributed by atoms with Crippen LogP contribution >= 0.6 is 0 Å². The van der Waals surface area contributed by atoms with E-state index in [1.54, 1.807) is 0 Å². The van der Waals surface area contributed by atoms with Crippen LogP contribution in [0.5, 0.6) is 0 Å². The molecule has 1 heterocycles. The van der Waals surface area contributed by atoms with Gasteiger partial charge in [-0.05, 0) is 0 Å². The van der Waals surface area contributed by atoms with Gasteiger partial charge < -0.3 is 50.3 Å². The molecule has 0 amide bonds. The maximum Gasteiger partial charge on any atom is 0.189 e. The van der Waals surface area contributed by atoms with Crippen molar-refractivity contribution in [2.45, 2.75) is 49.0 Å². The third kappa shape index (κ3) is 4.64. The standard InChI is InChI=1S/C12H22O11/c13-1-4(16)7(18)11(5(17)2-14)23-12-10(21)9(20)8(19)6(3-15)22-12/h4,6-16,18-21H,1-3H2/t4-,6-,7-,8-,9+,10-,11-,12+/m1/s1. The van der Waals surface area contributed by atoms with Crippen LogP contribution in [-0.4, -0.2) is 115 Å². The Bertz CT molecular complexity index is 376. The van der Waals surface area contributed by atoms with Crippen molar-refractivity contribution in [3.63, 3.8) is 0 Å². The first-order valence-corrected chi connectivity index (χ1v) is 6.85. The second-order valence-electron chi connectivity index (χ2n) is 5.12. The SMILES string of the molecule is O=C(CO)[C@@H](O[C@@H]1O[C@H](CO)[C@@H](O)[C@H](O)[C@H]1O)[C@H](O)[C@H](O)CO. The first-order valence-electron chi connectivity index (χ1n) is 6.85. The summed E-state index contributed by atoms with van der Waals surface area (Å²) in [6.45, 7) is -2.71. The lowest BCUT2D eigenvalue weighted by atomic mass is 9.98. The maximum absolute atomic E-state index is 11.6. The molecule has 0 unspecified atom stereocenters. The monoisotopic (exact) mass is 342 g/mol. The number of aliphatic hydroxyl groups is 8. The fraction of sp³-hybridized carbons (Fsp3) is 0.917. The van der Waals surface area contributed by atoms with Crippen LogP contribution in [0.25, 0.3) is 0 Å². The zero-order valence-electron chi connectivity index (χ0n) is 12.0. The molecule has 1 saturated heterocycles. The molecule has 136 valence electrons. The normalized spacial score (nSPS) is 35.6. The predicted molar refractivity (Wildman–Crippen MR) is 69.8 cm³/mol. The quantitative estimate of drug-likeness (QED) is 0.209. The Labute approximate surface area is 130 Å². The van der Waals surface area contributed by atoms with Gasteiger partial charge in [0.15, 0.2) is 12.1 Å². The summed E-state index contributed by atoms with van der Waals surface area (Å²) in [4.78, 5) is 11.6. The van der Waals surface area contributed by atoms with Crippen LogP contribution in [0.15, 0.2) is 0 Å². The number of ketones is 1. The van der Waals surface area contributed by atoms with E-state index in [0.717, 1.165) is 0 Å². The minimum Gasteiger partial charge on any atom is -0.394 e. The molecule has 0 spiro atoms. The number of carbonyl (C=O) groups excluding carboxylic acids is 1. The first-order chi connectivity index (χ1) is 10.8. The summed E-state index contributed by atoms with van der Waals surface area (Å²) in [5.74, 6) is -1.08. The Morgan fingerprint density at radius 3 is 2.13 bits per heavy atom. The summed E-state index contributed by atoms with van der Waals surface area (Å²) < 4.78 is 10.0. The van der Waals surface area contributed by atoms with Crippen molar-refractivity contribution in [2.75, 3.05) is 19.8 Å². The van der Waals surface area contributed by atoms with Crippen molar-refractivity contribution in [3.05, 3.63) is 0 Å². The molecule has 0 radical (unpaired) electrons. The summed E-state index contributed by atoms with van der Waals surface area (Å²) in [6.07, 6.45) is -13.9. The zero-order valence-corrected chi connectivity index (χ0v) is 12.0. The first kappa shape index (κ1) is 20.3. The van der Waals surface area contributed by atoms with Gasteiger partial charge in [0.1, 0.15) is 49.3 Å². The molecule has 11 nitrogen and oxygen atoms in total. The average molecular weight is 342 g/mol. The molecule has 0 saturated carbocycles. The van der Waals surface area contributed by atoms with E-state index < -0.39 is 74.6 Å². The lowest BCUT2D eigenvalue weighted by molar-refractivity contribution is -0.315. The number of aliphatic hydroxyl groups excluding tert-OH is 8. The maximum atomic E-state index is 11.6.